The highest BCUT2D eigenvalue weighted by atomic mass is 19.3. The smallest absolute Gasteiger partial charge is 0.261 e. The molecule has 0 radical (unpaired) electrons. The minimum atomic E-state index is -2.49. The summed E-state index contributed by atoms with van der Waals surface area (Å²) in [7, 11) is 0. The number of amides is 1. The quantitative estimate of drug-likeness (QED) is 0.587. The second-order valence-corrected chi connectivity index (χ2v) is 2.92. The van der Waals surface area contributed by atoms with Crippen molar-refractivity contribution in [1.82, 2.24) is 5.32 Å². The van der Waals surface area contributed by atoms with Crippen LogP contribution >= 0.6 is 0 Å². The van der Waals surface area contributed by atoms with Crippen molar-refractivity contribution < 1.29 is 18.3 Å². The number of halogens is 2. The molecule has 0 bridgehead atoms. The predicted molar refractivity (Wildman–Crippen MR) is 48.1 cm³/mol. The van der Waals surface area contributed by atoms with Crippen LogP contribution in [0.5, 0.6) is 0 Å². The Bertz CT molecular complexity index is 167. The predicted octanol–water partition coefficient (Wildman–Crippen LogP) is 0.122. The zero-order chi connectivity index (χ0) is 11.0. The summed E-state index contributed by atoms with van der Waals surface area (Å²) in [6, 6.07) is -0.0994. The Morgan fingerprint density at radius 3 is 2.71 bits per heavy atom. The van der Waals surface area contributed by atoms with Gasteiger partial charge in [-0.3, -0.25) is 4.79 Å². The second kappa shape index (κ2) is 7.64. The fraction of sp³-hybridized carbons (Fsp3) is 0.875. The summed E-state index contributed by atoms with van der Waals surface area (Å²) in [5.41, 5.74) is 5.27. The highest BCUT2D eigenvalue weighted by molar-refractivity contribution is 5.76. The van der Waals surface area contributed by atoms with Gasteiger partial charge in [0, 0.05) is 19.0 Å². The molecule has 0 aromatic carbocycles. The highest BCUT2D eigenvalue weighted by Gasteiger charge is 2.06. The fourth-order valence-electron chi connectivity index (χ4n) is 0.743. The Morgan fingerprint density at radius 2 is 2.21 bits per heavy atom. The van der Waals surface area contributed by atoms with Gasteiger partial charge in [-0.1, -0.05) is 0 Å². The molecule has 14 heavy (non-hydrogen) atoms. The van der Waals surface area contributed by atoms with Gasteiger partial charge in [-0.25, -0.2) is 8.78 Å². The van der Waals surface area contributed by atoms with E-state index in [1.165, 1.54) is 0 Å². The molecule has 1 unspecified atom stereocenters. The Labute approximate surface area is 81.8 Å². The molecule has 0 spiro atoms. The molecule has 0 aromatic rings. The van der Waals surface area contributed by atoms with Crippen LogP contribution in [-0.2, 0) is 9.53 Å². The lowest BCUT2D eigenvalue weighted by Gasteiger charge is -2.10. The molecule has 0 aromatic heterocycles. The lowest BCUT2D eigenvalue weighted by Crippen LogP contribution is -2.38. The average Bonchev–Trinajstić information content (AvgIpc) is 2.12. The summed E-state index contributed by atoms with van der Waals surface area (Å²) in [6.45, 7) is 1.49. The molecule has 4 nitrogen and oxygen atoms in total. The van der Waals surface area contributed by atoms with E-state index < -0.39 is 13.0 Å². The van der Waals surface area contributed by atoms with E-state index >= 15 is 0 Å². The average molecular weight is 210 g/mol. The number of hydrogen-bond donors (Lipinski definition) is 2. The third-order valence-corrected chi connectivity index (χ3v) is 1.48. The number of hydrogen-bond acceptors (Lipinski definition) is 3. The third kappa shape index (κ3) is 7.88. The number of ether oxygens (including phenoxy) is 1. The van der Waals surface area contributed by atoms with Crippen molar-refractivity contribution >= 4 is 5.91 Å². The summed E-state index contributed by atoms with van der Waals surface area (Å²) in [5.74, 6) is -0.239. The number of alkyl halides is 2. The Morgan fingerprint density at radius 1 is 1.57 bits per heavy atom. The first kappa shape index (κ1) is 13.2. The van der Waals surface area contributed by atoms with Gasteiger partial charge in [0.15, 0.2) is 0 Å². The van der Waals surface area contributed by atoms with Crippen molar-refractivity contribution in [2.24, 2.45) is 5.73 Å². The van der Waals surface area contributed by atoms with Crippen LogP contribution in [0.15, 0.2) is 0 Å². The molecule has 3 N–H and O–H groups in total. The van der Waals surface area contributed by atoms with Gasteiger partial charge in [-0.05, 0) is 6.92 Å². The first-order chi connectivity index (χ1) is 6.56. The van der Waals surface area contributed by atoms with E-state index in [9.17, 15) is 13.6 Å². The van der Waals surface area contributed by atoms with E-state index in [1.807, 2.05) is 0 Å². The van der Waals surface area contributed by atoms with Crippen molar-refractivity contribution in [1.29, 1.82) is 0 Å². The maximum atomic E-state index is 11.6. The van der Waals surface area contributed by atoms with Gasteiger partial charge in [-0.2, -0.15) is 0 Å². The zero-order valence-electron chi connectivity index (χ0n) is 8.13. The molecule has 0 rings (SSSR count). The van der Waals surface area contributed by atoms with Crippen LogP contribution in [0.25, 0.3) is 0 Å². The van der Waals surface area contributed by atoms with Crippen molar-refractivity contribution in [3.8, 4) is 0 Å². The summed E-state index contributed by atoms with van der Waals surface area (Å²) >= 11 is 0. The summed E-state index contributed by atoms with van der Waals surface area (Å²) in [4.78, 5) is 11.0. The van der Waals surface area contributed by atoms with E-state index in [0.29, 0.717) is 6.54 Å². The molecule has 0 heterocycles. The molecular formula is C8H16F2N2O2. The topological polar surface area (TPSA) is 64.3 Å². The molecule has 0 fully saturated rings. The molecule has 0 saturated carbocycles. The monoisotopic (exact) mass is 210 g/mol. The number of nitrogens with one attached hydrogen (secondary N) is 1. The molecule has 0 aliphatic heterocycles. The van der Waals surface area contributed by atoms with Crippen molar-refractivity contribution in [2.75, 3.05) is 19.8 Å². The van der Waals surface area contributed by atoms with Crippen LogP contribution in [-0.4, -0.2) is 38.1 Å². The van der Waals surface area contributed by atoms with Crippen LogP contribution < -0.4 is 11.1 Å². The largest absolute Gasteiger partial charge is 0.375 e. The van der Waals surface area contributed by atoms with Gasteiger partial charge >= 0.3 is 0 Å². The van der Waals surface area contributed by atoms with E-state index in [-0.39, 0.29) is 25.0 Å². The van der Waals surface area contributed by atoms with Crippen LogP contribution in [0.4, 0.5) is 8.78 Å². The molecule has 1 amide bonds. The standard InChI is InChI=1S/C8H16F2N2O2/c1-6(4-11)12-8(13)2-3-14-5-7(9)10/h6-7H,2-5,11H2,1H3,(H,12,13). The SMILES string of the molecule is CC(CN)NC(=O)CCOCC(F)F. The Hall–Kier alpha value is -0.750. The summed E-state index contributed by atoms with van der Waals surface area (Å²) in [5, 5.41) is 2.59. The van der Waals surface area contributed by atoms with E-state index in [2.05, 4.69) is 10.1 Å². The number of nitrogens with two attached hydrogens (primary N) is 1. The molecular weight excluding hydrogens is 194 g/mol. The molecule has 84 valence electrons. The lowest BCUT2D eigenvalue weighted by atomic mass is 10.3. The van der Waals surface area contributed by atoms with Crippen LogP contribution in [0, 0.1) is 0 Å². The maximum Gasteiger partial charge on any atom is 0.261 e. The van der Waals surface area contributed by atoms with Crippen molar-refractivity contribution in [3.63, 3.8) is 0 Å². The lowest BCUT2D eigenvalue weighted by molar-refractivity contribution is -0.123. The second-order valence-electron chi connectivity index (χ2n) is 2.92. The minimum Gasteiger partial charge on any atom is -0.375 e. The van der Waals surface area contributed by atoms with Gasteiger partial charge in [0.05, 0.1) is 6.61 Å². The van der Waals surface area contributed by atoms with Gasteiger partial charge in [0.2, 0.25) is 5.91 Å². The fourth-order valence-corrected chi connectivity index (χ4v) is 0.743. The normalized spacial score (nSPS) is 12.9. The zero-order valence-corrected chi connectivity index (χ0v) is 8.13. The minimum absolute atomic E-state index is 0.00741. The van der Waals surface area contributed by atoms with E-state index in [4.69, 9.17) is 5.73 Å². The van der Waals surface area contributed by atoms with Crippen LogP contribution in [0.1, 0.15) is 13.3 Å². The Balaban J connectivity index is 3.36. The summed E-state index contributed by atoms with van der Waals surface area (Å²) in [6.07, 6.45) is -2.40. The van der Waals surface area contributed by atoms with Gasteiger partial charge < -0.3 is 15.8 Å². The van der Waals surface area contributed by atoms with Crippen LogP contribution in [0.2, 0.25) is 0 Å². The Kier molecular flexibility index (Phi) is 7.23. The number of rotatable bonds is 7. The molecule has 0 aliphatic carbocycles. The van der Waals surface area contributed by atoms with Crippen LogP contribution in [0.3, 0.4) is 0 Å². The molecule has 0 saturated heterocycles. The first-order valence-corrected chi connectivity index (χ1v) is 4.41. The number of carbonyl (C=O) groups excluding carboxylic acids is 1. The maximum absolute atomic E-state index is 11.6. The van der Waals surface area contributed by atoms with Gasteiger partial charge in [0.25, 0.3) is 6.43 Å². The van der Waals surface area contributed by atoms with E-state index in [1.54, 1.807) is 6.92 Å². The van der Waals surface area contributed by atoms with Gasteiger partial charge in [0.1, 0.15) is 6.61 Å². The molecule has 6 heteroatoms. The molecule has 1 atom stereocenters. The van der Waals surface area contributed by atoms with E-state index in [0.717, 1.165) is 0 Å². The molecule has 0 aliphatic rings. The third-order valence-electron chi connectivity index (χ3n) is 1.48. The summed E-state index contributed by atoms with van der Waals surface area (Å²) < 4.78 is 27.7. The van der Waals surface area contributed by atoms with Crippen molar-refractivity contribution in [2.45, 2.75) is 25.8 Å². The van der Waals surface area contributed by atoms with Crippen molar-refractivity contribution in [3.05, 3.63) is 0 Å². The first-order valence-electron chi connectivity index (χ1n) is 4.41. The highest BCUT2D eigenvalue weighted by Crippen LogP contribution is 1.93. The van der Waals surface area contributed by atoms with Gasteiger partial charge in [-0.15, -0.1) is 0 Å². The number of carbonyl (C=O) groups is 1.